The summed E-state index contributed by atoms with van der Waals surface area (Å²) >= 11 is 0. The molecule has 0 heterocycles. The van der Waals surface area contributed by atoms with Crippen LogP contribution in [0.1, 0.15) is 50.2 Å². The molecule has 0 aromatic heterocycles. The van der Waals surface area contributed by atoms with Gasteiger partial charge >= 0.3 is 5.97 Å². The molecule has 0 aliphatic rings. The minimum atomic E-state index is -1.09. The van der Waals surface area contributed by atoms with E-state index in [2.05, 4.69) is 31.3 Å². The summed E-state index contributed by atoms with van der Waals surface area (Å²) < 4.78 is 4.80. The Morgan fingerprint density at radius 2 is 1.68 bits per heavy atom. The van der Waals surface area contributed by atoms with Gasteiger partial charge in [0.15, 0.2) is 6.04 Å². The Kier molecular flexibility index (Phi) is 7.05. The number of benzene rings is 1. The summed E-state index contributed by atoms with van der Waals surface area (Å²) in [6, 6.07) is 7.18. The fraction of sp³-hybridized carbons (Fsp3) is 0.529. The first-order chi connectivity index (χ1) is 10.3. The number of carboxylic acid groups (broad SMARTS) is 1. The zero-order valence-electron chi connectivity index (χ0n) is 13.6. The lowest BCUT2D eigenvalue weighted by molar-refractivity contribution is -0.143. The fourth-order valence-corrected chi connectivity index (χ4v) is 2.20. The van der Waals surface area contributed by atoms with Crippen molar-refractivity contribution in [3.8, 4) is 0 Å². The Labute approximate surface area is 131 Å². The van der Waals surface area contributed by atoms with Gasteiger partial charge in [0.05, 0.1) is 6.61 Å². The van der Waals surface area contributed by atoms with E-state index in [0.717, 1.165) is 5.56 Å². The predicted molar refractivity (Wildman–Crippen MR) is 85.0 cm³/mol. The van der Waals surface area contributed by atoms with E-state index in [-0.39, 0.29) is 24.9 Å². The molecular weight excluding hydrogens is 282 g/mol. The van der Waals surface area contributed by atoms with E-state index < -0.39 is 12.0 Å². The van der Waals surface area contributed by atoms with Crippen LogP contribution in [0.5, 0.6) is 0 Å². The van der Waals surface area contributed by atoms with E-state index >= 15 is 0 Å². The van der Waals surface area contributed by atoms with Crippen LogP contribution in [0.25, 0.3) is 0 Å². The quantitative estimate of drug-likeness (QED) is 0.774. The fourth-order valence-electron chi connectivity index (χ4n) is 2.20. The lowest BCUT2D eigenvalue weighted by Crippen LogP contribution is -2.44. The molecule has 0 radical (unpaired) electrons. The molecule has 1 rings (SSSR count). The summed E-state index contributed by atoms with van der Waals surface area (Å²) in [6.07, 6.45) is 0.245. The first kappa shape index (κ1) is 18.2. The molecular formula is C17H25NO4. The Bertz CT molecular complexity index is 496. The smallest absolute Gasteiger partial charge is 0.328 e. The highest BCUT2D eigenvalue weighted by Gasteiger charge is 2.21. The zero-order chi connectivity index (χ0) is 16.7. The molecule has 1 amide bonds. The second kappa shape index (κ2) is 8.54. The van der Waals surface area contributed by atoms with Crippen molar-refractivity contribution in [3.63, 3.8) is 0 Å². The van der Waals surface area contributed by atoms with Gasteiger partial charge in [0.2, 0.25) is 5.91 Å². The highest BCUT2D eigenvalue weighted by atomic mass is 16.5. The third-order valence-electron chi connectivity index (χ3n) is 3.63. The molecule has 0 spiro atoms. The van der Waals surface area contributed by atoms with E-state index in [1.54, 1.807) is 0 Å². The number of aliphatic carboxylic acids is 1. The van der Waals surface area contributed by atoms with Gasteiger partial charge in [-0.3, -0.25) is 4.79 Å². The molecule has 1 aromatic rings. The minimum absolute atomic E-state index is 0.0261. The number of carbonyl (C=O) groups is 2. The number of carbonyl (C=O) groups excluding carboxylic acids is 1. The van der Waals surface area contributed by atoms with E-state index in [4.69, 9.17) is 9.84 Å². The molecule has 0 aliphatic carbocycles. The third kappa shape index (κ3) is 5.48. The standard InChI is InChI=1S/C17H25NO4/c1-11(2)13-5-7-14(8-6-13)12(3)9-16(19)18-15(10-22-4)17(20)21/h5-8,11-12,15H,9-10H2,1-4H3,(H,18,19)(H,20,21). The first-order valence-electron chi connectivity index (χ1n) is 7.46. The van der Waals surface area contributed by atoms with Crippen molar-refractivity contribution < 1.29 is 19.4 Å². The zero-order valence-corrected chi connectivity index (χ0v) is 13.6. The van der Waals surface area contributed by atoms with Crippen LogP contribution in [-0.2, 0) is 14.3 Å². The maximum absolute atomic E-state index is 12.0. The number of hydrogen-bond donors (Lipinski definition) is 2. The van der Waals surface area contributed by atoms with Gasteiger partial charge in [-0.25, -0.2) is 4.79 Å². The molecule has 2 N–H and O–H groups in total. The normalized spacial score (nSPS) is 13.7. The maximum atomic E-state index is 12.0. The number of ether oxygens (including phenoxy) is 1. The molecule has 5 nitrogen and oxygen atoms in total. The van der Waals surface area contributed by atoms with Crippen molar-refractivity contribution in [1.82, 2.24) is 5.32 Å². The Balaban J connectivity index is 2.61. The molecule has 0 bridgehead atoms. The summed E-state index contributed by atoms with van der Waals surface area (Å²) in [6.45, 7) is 6.18. The van der Waals surface area contributed by atoms with Gasteiger partial charge in [0.25, 0.3) is 0 Å². The maximum Gasteiger partial charge on any atom is 0.328 e. The lowest BCUT2D eigenvalue weighted by Gasteiger charge is -2.16. The van der Waals surface area contributed by atoms with Crippen LogP contribution in [0.3, 0.4) is 0 Å². The molecule has 2 atom stereocenters. The van der Waals surface area contributed by atoms with Gasteiger partial charge < -0.3 is 15.2 Å². The highest BCUT2D eigenvalue weighted by Crippen LogP contribution is 2.22. The van der Waals surface area contributed by atoms with Crippen LogP contribution in [-0.4, -0.2) is 36.7 Å². The molecule has 0 aliphatic heterocycles. The highest BCUT2D eigenvalue weighted by molar-refractivity contribution is 5.84. The second-order valence-electron chi connectivity index (χ2n) is 5.84. The summed E-state index contributed by atoms with van der Waals surface area (Å²) in [5.41, 5.74) is 2.32. The second-order valence-corrected chi connectivity index (χ2v) is 5.84. The van der Waals surface area contributed by atoms with Crippen LogP contribution in [0.2, 0.25) is 0 Å². The minimum Gasteiger partial charge on any atom is -0.480 e. The van der Waals surface area contributed by atoms with Gasteiger partial charge in [-0.1, -0.05) is 45.0 Å². The van der Waals surface area contributed by atoms with Gasteiger partial charge in [-0.15, -0.1) is 0 Å². The number of methoxy groups -OCH3 is 1. The molecule has 0 fully saturated rings. The molecule has 5 heteroatoms. The van der Waals surface area contributed by atoms with Gasteiger partial charge in [0.1, 0.15) is 0 Å². The van der Waals surface area contributed by atoms with Crippen molar-refractivity contribution in [3.05, 3.63) is 35.4 Å². The molecule has 22 heavy (non-hydrogen) atoms. The summed E-state index contributed by atoms with van der Waals surface area (Å²) in [5, 5.41) is 11.5. The Hall–Kier alpha value is -1.88. The van der Waals surface area contributed by atoms with Crippen molar-refractivity contribution >= 4 is 11.9 Å². The average molecular weight is 307 g/mol. The molecule has 0 saturated carbocycles. The third-order valence-corrected chi connectivity index (χ3v) is 3.63. The monoisotopic (exact) mass is 307 g/mol. The van der Waals surface area contributed by atoms with Gasteiger partial charge in [-0.2, -0.15) is 0 Å². The molecule has 1 aromatic carbocycles. The predicted octanol–water partition coefficient (Wildman–Crippen LogP) is 2.52. The van der Waals surface area contributed by atoms with E-state index in [1.807, 2.05) is 19.1 Å². The largest absolute Gasteiger partial charge is 0.480 e. The molecule has 122 valence electrons. The number of amides is 1. The number of nitrogens with one attached hydrogen (secondary N) is 1. The van der Waals surface area contributed by atoms with Gasteiger partial charge in [-0.05, 0) is 23.0 Å². The van der Waals surface area contributed by atoms with Crippen molar-refractivity contribution in [1.29, 1.82) is 0 Å². The van der Waals surface area contributed by atoms with E-state index in [0.29, 0.717) is 5.92 Å². The van der Waals surface area contributed by atoms with E-state index in [1.165, 1.54) is 12.7 Å². The van der Waals surface area contributed by atoms with E-state index in [9.17, 15) is 9.59 Å². The van der Waals surface area contributed by atoms with Gasteiger partial charge in [0, 0.05) is 13.5 Å². The van der Waals surface area contributed by atoms with Crippen molar-refractivity contribution in [2.75, 3.05) is 13.7 Å². The summed E-state index contributed by atoms with van der Waals surface area (Å²) in [5.74, 6) is -0.884. The number of carboxylic acids is 1. The Morgan fingerprint density at radius 1 is 1.14 bits per heavy atom. The molecule has 2 unspecified atom stereocenters. The summed E-state index contributed by atoms with van der Waals surface area (Å²) in [4.78, 5) is 22.9. The van der Waals surface area contributed by atoms with Crippen LogP contribution >= 0.6 is 0 Å². The first-order valence-corrected chi connectivity index (χ1v) is 7.46. The van der Waals surface area contributed by atoms with Crippen molar-refractivity contribution in [2.24, 2.45) is 0 Å². The van der Waals surface area contributed by atoms with Crippen LogP contribution in [0, 0.1) is 0 Å². The van der Waals surface area contributed by atoms with Crippen LogP contribution < -0.4 is 5.32 Å². The van der Waals surface area contributed by atoms with Crippen LogP contribution in [0.15, 0.2) is 24.3 Å². The van der Waals surface area contributed by atoms with Crippen LogP contribution in [0.4, 0.5) is 0 Å². The van der Waals surface area contributed by atoms with Crippen molar-refractivity contribution in [2.45, 2.75) is 45.1 Å². The average Bonchev–Trinajstić information content (AvgIpc) is 2.46. The molecule has 0 saturated heterocycles. The Morgan fingerprint density at radius 3 is 2.14 bits per heavy atom. The number of hydrogen-bond acceptors (Lipinski definition) is 3. The number of rotatable bonds is 8. The lowest BCUT2D eigenvalue weighted by atomic mass is 9.94. The summed E-state index contributed by atoms with van der Waals surface area (Å²) in [7, 11) is 1.40. The SMILES string of the molecule is COCC(NC(=O)CC(C)c1ccc(C(C)C)cc1)C(=O)O. The topological polar surface area (TPSA) is 75.6 Å².